The zero-order valence-electron chi connectivity index (χ0n) is 13.6. The molecule has 0 heterocycles. The molecule has 0 bridgehead atoms. The largest absolute Gasteiger partial charge is 0.242 e. The highest BCUT2D eigenvalue weighted by molar-refractivity contribution is 7.90. The molecular formula is C16H19FN2O4S2. The van der Waals surface area contributed by atoms with Crippen LogP contribution in [-0.4, -0.2) is 40.5 Å². The monoisotopic (exact) mass is 386 g/mol. The molecule has 0 aliphatic carbocycles. The van der Waals surface area contributed by atoms with Gasteiger partial charge in [0, 0.05) is 20.1 Å². The van der Waals surface area contributed by atoms with E-state index in [0.29, 0.717) is 0 Å². The molecule has 0 aliphatic rings. The van der Waals surface area contributed by atoms with Crippen LogP contribution in [0.2, 0.25) is 0 Å². The molecule has 0 radical (unpaired) electrons. The molecule has 2 aromatic carbocycles. The molecule has 0 aromatic heterocycles. The zero-order valence-corrected chi connectivity index (χ0v) is 15.2. The lowest BCUT2D eigenvalue weighted by atomic mass is 10.2. The Labute approximate surface area is 147 Å². The van der Waals surface area contributed by atoms with Gasteiger partial charge in [0.2, 0.25) is 20.0 Å². The van der Waals surface area contributed by atoms with Gasteiger partial charge in [-0.3, -0.25) is 0 Å². The molecular weight excluding hydrogens is 367 g/mol. The summed E-state index contributed by atoms with van der Waals surface area (Å²) in [5.41, 5.74) is 0.804. The first-order valence-corrected chi connectivity index (χ1v) is 10.5. The molecule has 0 aliphatic heterocycles. The van der Waals surface area contributed by atoms with E-state index in [0.717, 1.165) is 34.1 Å². The second kappa shape index (κ2) is 8.05. The first-order valence-electron chi connectivity index (χ1n) is 7.44. The molecule has 0 amide bonds. The van der Waals surface area contributed by atoms with Gasteiger partial charge in [0.1, 0.15) is 5.82 Å². The topological polar surface area (TPSA) is 83.6 Å². The Balaban J connectivity index is 1.95. The van der Waals surface area contributed by atoms with Crippen molar-refractivity contribution >= 4 is 20.0 Å². The second-order valence-electron chi connectivity index (χ2n) is 5.41. The van der Waals surface area contributed by atoms with Crippen LogP contribution in [0.25, 0.3) is 0 Å². The van der Waals surface area contributed by atoms with Gasteiger partial charge in [-0.05, 0) is 29.8 Å². The van der Waals surface area contributed by atoms with Crippen LogP contribution in [0.5, 0.6) is 0 Å². The van der Waals surface area contributed by atoms with Crippen LogP contribution < -0.4 is 4.72 Å². The molecule has 9 heteroatoms. The minimum atomic E-state index is -3.87. The smallest absolute Gasteiger partial charge is 0.212 e. The van der Waals surface area contributed by atoms with Crippen LogP contribution in [0.3, 0.4) is 0 Å². The number of nitrogens with one attached hydrogen (secondary N) is 1. The van der Waals surface area contributed by atoms with E-state index in [9.17, 15) is 21.2 Å². The maximum Gasteiger partial charge on any atom is 0.242 e. The van der Waals surface area contributed by atoms with Gasteiger partial charge >= 0.3 is 0 Å². The molecule has 25 heavy (non-hydrogen) atoms. The van der Waals surface area contributed by atoms with Gasteiger partial charge in [-0.1, -0.05) is 30.3 Å². The lowest BCUT2D eigenvalue weighted by molar-refractivity contribution is 0.483. The maximum atomic E-state index is 12.9. The number of hydrogen-bond acceptors (Lipinski definition) is 4. The third-order valence-corrected chi connectivity index (χ3v) is 6.71. The van der Waals surface area contributed by atoms with Gasteiger partial charge in [-0.25, -0.2) is 25.9 Å². The molecule has 6 nitrogen and oxygen atoms in total. The Morgan fingerprint density at radius 1 is 0.960 bits per heavy atom. The zero-order chi connectivity index (χ0) is 18.5. The first kappa shape index (κ1) is 19.5. The van der Waals surface area contributed by atoms with E-state index in [1.165, 1.54) is 7.05 Å². The third kappa shape index (κ3) is 5.60. The van der Waals surface area contributed by atoms with E-state index in [1.54, 1.807) is 24.3 Å². The van der Waals surface area contributed by atoms with Crippen molar-refractivity contribution in [1.82, 2.24) is 9.03 Å². The summed E-state index contributed by atoms with van der Waals surface area (Å²) in [5.74, 6) is -0.925. The lowest BCUT2D eigenvalue weighted by Gasteiger charge is -2.17. The van der Waals surface area contributed by atoms with Crippen molar-refractivity contribution < 1.29 is 21.2 Å². The summed E-state index contributed by atoms with van der Waals surface area (Å²) in [6, 6.07) is 13.4. The van der Waals surface area contributed by atoms with Crippen LogP contribution in [0.1, 0.15) is 5.56 Å². The minimum Gasteiger partial charge on any atom is -0.212 e. The van der Waals surface area contributed by atoms with Crippen LogP contribution in [-0.2, 0) is 26.6 Å². The normalized spacial score (nSPS) is 12.4. The molecule has 0 saturated carbocycles. The van der Waals surface area contributed by atoms with E-state index in [1.807, 2.05) is 6.07 Å². The molecule has 136 valence electrons. The standard InChI is InChI=1S/C16H19FN2O4S2/c1-19(25(22,23)16-9-7-15(17)8-10-16)11-12-24(20,21)18-13-14-5-3-2-4-6-14/h2-10,18H,11-13H2,1H3. The van der Waals surface area contributed by atoms with Gasteiger partial charge in [-0.2, -0.15) is 4.31 Å². The fourth-order valence-electron chi connectivity index (χ4n) is 2.02. The number of sulfonamides is 2. The average Bonchev–Trinajstić information content (AvgIpc) is 2.59. The Hall–Kier alpha value is -1.81. The predicted octanol–water partition coefficient (Wildman–Crippen LogP) is 1.57. The van der Waals surface area contributed by atoms with E-state index >= 15 is 0 Å². The summed E-state index contributed by atoms with van der Waals surface area (Å²) in [6.45, 7) is -0.0819. The van der Waals surface area contributed by atoms with Crippen molar-refractivity contribution in [1.29, 1.82) is 0 Å². The van der Waals surface area contributed by atoms with Crippen LogP contribution in [0.4, 0.5) is 4.39 Å². The molecule has 2 rings (SSSR count). The molecule has 0 saturated heterocycles. The first-order chi connectivity index (χ1) is 11.7. The van der Waals surface area contributed by atoms with E-state index in [4.69, 9.17) is 0 Å². The van der Waals surface area contributed by atoms with Crippen LogP contribution >= 0.6 is 0 Å². The van der Waals surface area contributed by atoms with Crippen molar-refractivity contribution in [3.63, 3.8) is 0 Å². The van der Waals surface area contributed by atoms with Gasteiger partial charge in [0.05, 0.1) is 10.6 Å². The summed E-state index contributed by atoms with van der Waals surface area (Å²) in [5, 5.41) is 0. The quantitative estimate of drug-likeness (QED) is 0.746. The van der Waals surface area contributed by atoms with Gasteiger partial charge in [0.15, 0.2) is 0 Å². The molecule has 1 N–H and O–H groups in total. The number of benzene rings is 2. The number of halogens is 1. The fraction of sp³-hybridized carbons (Fsp3) is 0.250. The Morgan fingerprint density at radius 3 is 2.16 bits per heavy atom. The minimum absolute atomic E-state index is 0.0916. The lowest BCUT2D eigenvalue weighted by Crippen LogP contribution is -2.35. The van der Waals surface area contributed by atoms with Crippen LogP contribution in [0.15, 0.2) is 59.5 Å². The van der Waals surface area contributed by atoms with E-state index in [-0.39, 0.29) is 23.7 Å². The maximum absolute atomic E-state index is 12.9. The van der Waals surface area contributed by atoms with E-state index < -0.39 is 25.9 Å². The number of hydrogen-bond donors (Lipinski definition) is 1. The summed E-state index contributed by atoms with van der Waals surface area (Å²) >= 11 is 0. The van der Waals surface area contributed by atoms with Crippen molar-refractivity contribution in [2.24, 2.45) is 0 Å². The van der Waals surface area contributed by atoms with Gasteiger partial charge in [-0.15, -0.1) is 0 Å². The molecule has 2 aromatic rings. The highest BCUT2D eigenvalue weighted by atomic mass is 32.2. The van der Waals surface area contributed by atoms with E-state index in [2.05, 4.69) is 4.72 Å². The molecule has 0 fully saturated rings. The van der Waals surface area contributed by atoms with Gasteiger partial charge < -0.3 is 0 Å². The van der Waals surface area contributed by atoms with Crippen LogP contribution in [0, 0.1) is 5.82 Å². The van der Waals surface area contributed by atoms with Crippen molar-refractivity contribution in [3.05, 3.63) is 66.0 Å². The highest BCUT2D eigenvalue weighted by Crippen LogP contribution is 2.14. The highest BCUT2D eigenvalue weighted by Gasteiger charge is 2.22. The number of nitrogens with zero attached hydrogens (tertiary/aromatic N) is 1. The summed E-state index contributed by atoms with van der Waals surface area (Å²) in [4.78, 5) is -0.0916. The average molecular weight is 386 g/mol. The SMILES string of the molecule is CN(CCS(=O)(=O)NCc1ccccc1)S(=O)(=O)c1ccc(F)cc1. The summed E-state index contributed by atoms with van der Waals surface area (Å²) in [7, 11) is -6.23. The molecule has 0 spiro atoms. The van der Waals surface area contributed by atoms with Gasteiger partial charge in [0.25, 0.3) is 0 Å². The van der Waals surface area contributed by atoms with Crippen molar-refractivity contribution in [3.8, 4) is 0 Å². The summed E-state index contributed by atoms with van der Waals surface area (Å²) in [6.07, 6.45) is 0. The molecule has 0 unspecified atom stereocenters. The fourth-order valence-corrected chi connectivity index (χ4v) is 4.35. The second-order valence-corrected chi connectivity index (χ2v) is 9.38. The van der Waals surface area contributed by atoms with Crippen molar-refractivity contribution in [2.45, 2.75) is 11.4 Å². The predicted molar refractivity (Wildman–Crippen MR) is 93.3 cm³/mol. The Bertz CT molecular complexity index is 899. The summed E-state index contributed by atoms with van der Waals surface area (Å²) < 4.78 is 65.0. The Morgan fingerprint density at radius 2 is 1.56 bits per heavy atom. The Kier molecular flexibility index (Phi) is 6.28. The third-order valence-electron chi connectivity index (χ3n) is 3.54. The number of rotatable bonds is 8. The molecule has 0 atom stereocenters. The van der Waals surface area contributed by atoms with Crippen molar-refractivity contribution in [2.75, 3.05) is 19.3 Å².